The Bertz CT molecular complexity index is 466. The van der Waals surface area contributed by atoms with Crippen LogP contribution in [0.3, 0.4) is 0 Å². The van der Waals surface area contributed by atoms with Crippen LogP contribution in [0.2, 0.25) is 0 Å². The third kappa shape index (κ3) is 3.98. The number of carboxylic acids is 1. The van der Waals surface area contributed by atoms with Crippen LogP contribution in [0.15, 0.2) is 24.3 Å². The van der Waals surface area contributed by atoms with Crippen LogP contribution < -0.4 is 5.32 Å². The molecule has 1 aromatic carbocycles. The van der Waals surface area contributed by atoms with E-state index in [0.29, 0.717) is 5.69 Å². The Kier molecular flexibility index (Phi) is 4.28. The first-order valence-corrected chi connectivity index (χ1v) is 4.89. The molecule has 1 rings (SSSR count). The second kappa shape index (κ2) is 5.69. The van der Waals surface area contributed by atoms with Gasteiger partial charge in [0, 0.05) is 11.8 Å². The van der Waals surface area contributed by atoms with Gasteiger partial charge in [0.15, 0.2) is 0 Å². The summed E-state index contributed by atoms with van der Waals surface area (Å²) >= 11 is 0. The average molecular weight is 235 g/mol. The molecule has 0 heterocycles. The molecule has 2 N–H and O–H groups in total. The Labute approximate surface area is 98.7 Å². The minimum Gasteiger partial charge on any atom is -0.478 e. The summed E-state index contributed by atoms with van der Waals surface area (Å²) in [7, 11) is 1.28. The highest BCUT2D eigenvalue weighted by molar-refractivity contribution is 5.87. The lowest BCUT2D eigenvalue weighted by Gasteiger charge is -2.06. The van der Waals surface area contributed by atoms with Gasteiger partial charge in [-0.05, 0) is 36.3 Å². The van der Waals surface area contributed by atoms with E-state index in [0.717, 1.165) is 17.2 Å². The van der Waals surface area contributed by atoms with Gasteiger partial charge >= 0.3 is 12.1 Å². The van der Waals surface area contributed by atoms with Crippen LogP contribution in [-0.2, 0) is 9.53 Å². The molecule has 0 fully saturated rings. The molecule has 0 aliphatic carbocycles. The number of amides is 1. The summed E-state index contributed by atoms with van der Waals surface area (Å²) < 4.78 is 4.46. The van der Waals surface area contributed by atoms with Crippen LogP contribution in [0.5, 0.6) is 0 Å². The molecule has 0 bridgehead atoms. The first-order chi connectivity index (χ1) is 8.02. The molecule has 90 valence electrons. The van der Waals surface area contributed by atoms with Gasteiger partial charge in [0.2, 0.25) is 0 Å². The van der Waals surface area contributed by atoms with Gasteiger partial charge in [-0.15, -0.1) is 0 Å². The van der Waals surface area contributed by atoms with Crippen molar-refractivity contribution in [3.63, 3.8) is 0 Å². The molecule has 0 saturated carbocycles. The highest BCUT2D eigenvalue weighted by Crippen LogP contribution is 2.16. The van der Waals surface area contributed by atoms with Crippen LogP contribution in [0.1, 0.15) is 11.1 Å². The zero-order valence-electron chi connectivity index (χ0n) is 9.56. The van der Waals surface area contributed by atoms with Crippen molar-refractivity contribution in [2.75, 3.05) is 12.4 Å². The summed E-state index contributed by atoms with van der Waals surface area (Å²) in [5, 5.41) is 11.0. The molecular weight excluding hydrogens is 222 g/mol. The van der Waals surface area contributed by atoms with Crippen molar-refractivity contribution < 1.29 is 19.4 Å². The lowest BCUT2D eigenvalue weighted by atomic mass is 10.1. The molecule has 0 saturated heterocycles. The second-order valence-corrected chi connectivity index (χ2v) is 3.36. The van der Waals surface area contributed by atoms with Gasteiger partial charge in [0.1, 0.15) is 0 Å². The van der Waals surface area contributed by atoms with Crippen molar-refractivity contribution in [3.8, 4) is 0 Å². The van der Waals surface area contributed by atoms with Gasteiger partial charge in [0.25, 0.3) is 0 Å². The average Bonchev–Trinajstić information content (AvgIpc) is 2.27. The number of carboxylic acid groups (broad SMARTS) is 1. The summed E-state index contributed by atoms with van der Waals surface area (Å²) in [5.41, 5.74) is 2.24. The third-order valence-corrected chi connectivity index (χ3v) is 2.11. The number of benzene rings is 1. The lowest BCUT2D eigenvalue weighted by Crippen LogP contribution is -2.10. The molecular formula is C12H13NO4. The number of anilines is 1. The van der Waals surface area contributed by atoms with Crippen molar-refractivity contribution in [1.82, 2.24) is 0 Å². The van der Waals surface area contributed by atoms with Gasteiger partial charge < -0.3 is 9.84 Å². The number of aliphatic carboxylic acids is 1. The summed E-state index contributed by atoms with van der Waals surface area (Å²) in [4.78, 5) is 21.3. The molecule has 0 aliphatic heterocycles. The molecule has 17 heavy (non-hydrogen) atoms. The van der Waals surface area contributed by atoms with E-state index in [4.69, 9.17) is 5.11 Å². The Hall–Kier alpha value is -2.30. The summed E-state index contributed by atoms with van der Waals surface area (Å²) in [5.74, 6) is -0.999. The fourth-order valence-electron chi connectivity index (χ4n) is 1.27. The maximum Gasteiger partial charge on any atom is 0.411 e. The molecule has 0 spiro atoms. The smallest absolute Gasteiger partial charge is 0.411 e. The fourth-order valence-corrected chi connectivity index (χ4v) is 1.27. The maximum absolute atomic E-state index is 11.0. The summed E-state index contributed by atoms with van der Waals surface area (Å²) in [6, 6.07) is 5.13. The number of rotatable bonds is 3. The van der Waals surface area contributed by atoms with Crippen LogP contribution in [-0.4, -0.2) is 24.3 Å². The number of methoxy groups -OCH3 is 1. The van der Waals surface area contributed by atoms with Crippen LogP contribution >= 0.6 is 0 Å². The Morgan fingerprint density at radius 1 is 1.41 bits per heavy atom. The van der Waals surface area contributed by atoms with Gasteiger partial charge in [-0.25, -0.2) is 9.59 Å². The molecule has 0 aliphatic rings. The van der Waals surface area contributed by atoms with Gasteiger partial charge in [-0.2, -0.15) is 0 Å². The van der Waals surface area contributed by atoms with E-state index in [1.807, 2.05) is 6.92 Å². The molecule has 1 amide bonds. The molecule has 0 unspecified atom stereocenters. The zero-order chi connectivity index (χ0) is 12.8. The van der Waals surface area contributed by atoms with E-state index < -0.39 is 12.1 Å². The lowest BCUT2D eigenvalue weighted by molar-refractivity contribution is -0.131. The van der Waals surface area contributed by atoms with E-state index in [2.05, 4.69) is 10.1 Å². The number of carbonyl (C=O) groups excluding carboxylic acids is 1. The van der Waals surface area contributed by atoms with Crippen molar-refractivity contribution in [2.45, 2.75) is 6.92 Å². The molecule has 5 heteroatoms. The summed E-state index contributed by atoms with van der Waals surface area (Å²) in [6.07, 6.45) is 2.02. The summed E-state index contributed by atoms with van der Waals surface area (Å²) in [6.45, 7) is 1.82. The predicted octanol–water partition coefficient (Wildman–Crippen LogP) is 2.27. The number of aryl methyl sites for hydroxylation is 1. The van der Waals surface area contributed by atoms with Crippen molar-refractivity contribution in [1.29, 1.82) is 0 Å². The maximum atomic E-state index is 11.0. The molecule has 0 atom stereocenters. The van der Waals surface area contributed by atoms with Gasteiger partial charge in [-0.3, -0.25) is 5.32 Å². The minimum absolute atomic E-state index is 0.543. The van der Waals surface area contributed by atoms with E-state index in [1.165, 1.54) is 13.2 Å². The fraction of sp³-hybridized carbons (Fsp3) is 0.167. The van der Waals surface area contributed by atoms with E-state index in [9.17, 15) is 9.59 Å². The topological polar surface area (TPSA) is 75.6 Å². The van der Waals surface area contributed by atoms with Crippen molar-refractivity contribution >= 4 is 23.8 Å². The van der Waals surface area contributed by atoms with Crippen LogP contribution in [0, 0.1) is 6.92 Å². The minimum atomic E-state index is -0.999. The van der Waals surface area contributed by atoms with Crippen molar-refractivity contribution in [2.24, 2.45) is 0 Å². The monoisotopic (exact) mass is 235 g/mol. The first-order valence-electron chi connectivity index (χ1n) is 4.89. The van der Waals surface area contributed by atoms with Crippen molar-refractivity contribution in [3.05, 3.63) is 35.4 Å². The van der Waals surface area contributed by atoms with E-state index in [-0.39, 0.29) is 0 Å². The SMILES string of the molecule is COC(=O)Nc1ccc(C=CC(=O)O)c(C)c1. The molecule has 0 radical (unpaired) electrons. The second-order valence-electron chi connectivity index (χ2n) is 3.36. The third-order valence-electron chi connectivity index (χ3n) is 2.11. The van der Waals surface area contributed by atoms with Crippen LogP contribution in [0.25, 0.3) is 6.08 Å². The quantitative estimate of drug-likeness (QED) is 0.788. The molecule has 1 aromatic rings. The highest BCUT2D eigenvalue weighted by atomic mass is 16.5. The predicted molar refractivity (Wildman–Crippen MR) is 63.9 cm³/mol. The number of hydrogen-bond acceptors (Lipinski definition) is 3. The largest absolute Gasteiger partial charge is 0.478 e. The normalized spacial score (nSPS) is 10.2. The van der Waals surface area contributed by atoms with E-state index >= 15 is 0 Å². The van der Waals surface area contributed by atoms with Crippen LogP contribution in [0.4, 0.5) is 10.5 Å². The number of carbonyl (C=O) groups is 2. The number of hydrogen-bond donors (Lipinski definition) is 2. The zero-order valence-corrected chi connectivity index (χ0v) is 9.56. The van der Waals surface area contributed by atoms with E-state index in [1.54, 1.807) is 18.2 Å². The first kappa shape index (κ1) is 12.8. The molecule has 5 nitrogen and oxygen atoms in total. The standard InChI is InChI=1S/C12H13NO4/c1-8-7-10(13-12(16)17-2)5-3-9(8)4-6-11(14)15/h3-7H,1-2H3,(H,13,16)(H,14,15). The Balaban J connectivity index is 2.86. The Morgan fingerprint density at radius 2 is 2.12 bits per heavy atom. The van der Waals surface area contributed by atoms with Gasteiger partial charge in [-0.1, -0.05) is 6.07 Å². The number of ether oxygens (including phenoxy) is 1. The number of nitrogens with one attached hydrogen (secondary N) is 1. The highest BCUT2D eigenvalue weighted by Gasteiger charge is 2.02. The Morgan fingerprint density at radius 3 is 2.65 bits per heavy atom. The molecule has 0 aromatic heterocycles. The van der Waals surface area contributed by atoms with Gasteiger partial charge in [0.05, 0.1) is 7.11 Å².